The van der Waals surface area contributed by atoms with Crippen LogP contribution in [0.4, 0.5) is 0 Å². The number of halogens is 1. The van der Waals surface area contributed by atoms with Gasteiger partial charge in [0.25, 0.3) is 0 Å². The van der Waals surface area contributed by atoms with E-state index in [0.717, 1.165) is 42.6 Å². The van der Waals surface area contributed by atoms with Crippen LogP contribution in [0.2, 0.25) is 5.02 Å². The molecule has 0 unspecified atom stereocenters. The number of Topliss-reactive ketones (excluding diaryl/α,β-unsaturated/α-hetero) is 1. The summed E-state index contributed by atoms with van der Waals surface area (Å²) in [5.41, 5.74) is 2.87. The lowest BCUT2D eigenvalue weighted by Crippen LogP contribution is -2.32. The maximum atomic E-state index is 12.4. The Bertz CT molecular complexity index is 436. The topological polar surface area (TPSA) is 29.1 Å². The van der Waals surface area contributed by atoms with Crippen LogP contribution in [0.25, 0.3) is 0 Å². The zero-order valence-corrected chi connectivity index (χ0v) is 11.1. The molecule has 0 atom stereocenters. The molecule has 1 saturated heterocycles. The van der Waals surface area contributed by atoms with Gasteiger partial charge in [0.1, 0.15) is 0 Å². The fourth-order valence-corrected chi connectivity index (χ4v) is 2.56. The van der Waals surface area contributed by atoms with Gasteiger partial charge in [-0.1, -0.05) is 17.7 Å². The van der Waals surface area contributed by atoms with Crippen molar-refractivity contribution in [1.29, 1.82) is 0 Å². The minimum atomic E-state index is 0.161. The van der Waals surface area contributed by atoms with E-state index in [1.165, 1.54) is 0 Å². The quantitative estimate of drug-likeness (QED) is 0.819. The summed E-state index contributed by atoms with van der Waals surface area (Å²) in [7, 11) is 0. The first-order chi connectivity index (χ1) is 8.09. The summed E-state index contributed by atoms with van der Waals surface area (Å²) in [5.74, 6) is 0.416. The Morgan fingerprint density at radius 2 is 1.88 bits per heavy atom. The number of nitrogens with one attached hydrogen (secondary N) is 1. The predicted molar refractivity (Wildman–Crippen MR) is 70.9 cm³/mol. The highest BCUT2D eigenvalue weighted by Gasteiger charge is 2.23. The molecule has 0 aromatic heterocycles. The van der Waals surface area contributed by atoms with Gasteiger partial charge in [0.15, 0.2) is 5.78 Å². The van der Waals surface area contributed by atoms with Crippen molar-refractivity contribution in [1.82, 2.24) is 5.32 Å². The molecule has 92 valence electrons. The van der Waals surface area contributed by atoms with Gasteiger partial charge < -0.3 is 5.32 Å². The number of piperidine rings is 1. The lowest BCUT2D eigenvalue weighted by Gasteiger charge is -2.22. The van der Waals surface area contributed by atoms with Crippen molar-refractivity contribution in [3.63, 3.8) is 0 Å². The average molecular weight is 252 g/mol. The predicted octanol–water partition coefficient (Wildman–Crippen LogP) is 3.14. The molecule has 1 aliphatic heterocycles. The third kappa shape index (κ3) is 2.70. The van der Waals surface area contributed by atoms with Gasteiger partial charge in [0.05, 0.1) is 0 Å². The van der Waals surface area contributed by atoms with Gasteiger partial charge in [-0.25, -0.2) is 0 Å². The lowest BCUT2D eigenvalue weighted by molar-refractivity contribution is 0.0894. The average Bonchev–Trinajstić information content (AvgIpc) is 2.34. The zero-order valence-electron chi connectivity index (χ0n) is 10.3. The van der Waals surface area contributed by atoms with Crippen molar-refractivity contribution in [2.24, 2.45) is 5.92 Å². The molecule has 1 aromatic rings. The van der Waals surface area contributed by atoms with E-state index >= 15 is 0 Å². The standard InChI is InChI=1S/C14H18ClNO/c1-9-7-10(2)13(15)8-12(9)14(17)11-3-5-16-6-4-11/h7-8,11,16H,3-6H2,1-2H3. The van der Waals surface area contributed by atoms with Crippen LogP contribution >= 0.6 is 11.6 Å². The van der Waals surface area contributed by atoms with Crippen molar-refractivity contribution in [2.45, 2.75) is 26.7 Å². The fourth-order valence-electron chi connectivity index (χ4n) is 2.40. The van der Waals surface area contributed by atoms with Crippen molar-refractivity contribution in [3.8, 4) is 0 Å². The van der Waals surface area contributed by atoms with Crippen molar-refractivity contribution in [3.05, 3.63) is 33.8 Å². The SMILES string of the molecule is Cc1cc(C)c(C(=O)C2CCNCC2)cc1Cl. The second-order valence-electron chi connectivity index (χ2n) is 4.80. The Labute approximate surface area is 107 Å². The van der Waals surface area contributed by atoms with Crippen LogP contribution in [-0.4, -0.2) is 18.9 Å². The second-order valence-corrected chi connectivity index (χ2v) is 5.21. The highest BCUT2D eigenvalue weighted by Crippen LogP contribution is 2.25. The Kier molecular flexibility index (Phi) is 3.85. The van der Waals surface area contributed by atoms with E-state index < -0.39 is 0 Å². The van der Waals surface area contributed by atoms with Gasteiger partial charge in [-0.2, -0.15) is 0 Å². The monoisotopic (exact) mass is 251 g/mol. The molecule has 0 radical (unpaired) electrons. The maximum Gasteiger partial charge on any atom is 0.166 e. The van der Waals surface area contributed by atoms with Crippen LogP contribution < -0.4 is 5.32 Å². The van der Waals surface area contributed by atoms with Crippen molar-refractivity contribution in [2.75, 3.05) is 13.1 Å². The van der Waals surface area contributed by atoms with Crippen LogP contribution in [-0.2, 0) is 0 Å². The van der Waals surface area contributed by atoms with E-state index in [2.05, 4.69) is 5.32 Å². The number of aryl methyl sites for hydroxylation is 2. The summed E-state index contributed by atoms with van der Waals surface area (Å²) < 4.78 is 0. The number of hydrogen-bond donors (Lipinski definition) is 1. The lowest BCUT2D eigenvalue weighted by atomic mass is 9.87. The first-order valence-corrected chi connectivity index (χ1v) is 6.49. The molecule has 1 heterocycles. The number of rotatable bonds is 2. The van der Waals surface area contributed by atoms with E-state index in [4.69, 9.17) is 11.6 Å². The molecule has 1 fully saturated rings. The van der Waals surface area contributed by atoms with Crippen molar-refractivity contribution >= 4 is 17.4 Å². The molecule has 0 saturated carbocycles. The van der Waals surface area contributed by atoms with Crippen molar-refractivity contribution < 1.29 is 4.79 Å². The summed E-state index contributed by atoms with van der Waals surface area (Å²) in [6.07, 6.45) is 1.87. The molecule has 17 heavy (non-hydrogen) atoms. The smallest absolute Gasteiger partial charge is 0.166 e. The minimum absolute atomic E-state index is 0.161. The van der Waals surface area contributed by atoms with E-state index in [9.17, 15) is 4.79 Å². The Morgan fingerprint density at radius 1 is 1.24 bits per heavy atom. The third-order valence-electron chi connectivity index (χ3n) is 3.48. The number of hydrogen-bond acceptors (Lipinski definition) is 2. The summed E-state index contributed by atoms with van der Waals surface area (Å²) >= 11 is 6.10. The first kappa shape index (κ1) is 12.6. The summed E-state index contributed by atoms with van der Waals surface area (Å²) in [5, 5.41) is 3.97. The highest BCUT2D eigenvalue weighted by atomic mass is 35.5. The van der Waals surface area contributed by atoms with Gasteiger partial charge in [-0.05, 0) is 57.0 Å². The van der Waals surface area contributed by atoms with E-state index in [0.29, 0.717) is 5.02 Å². The van der Waals surface area contributed by atoms with Crippen LogP contribution in [0.3, 0.4) is 0 Å². The fraction of sp³-hybridized carbons (Fsp3) is 0.500. The summed E-state index contributed by atoms with van der Waals surface area (Å²) in [4.78, 5) is 12.4. The molecule has 0 amide bonds. The van der Waals surface area contributed by atoms with Crippen LogP contribution in [0.5, 0.6) is 0 Å². The van der Waals surface area contributed by atoms with Crippen LogP contribution in [0.1, 0.15) is 34.3 Å². The van der Waals surface area contributed by atoms with Gasteiger partial charge in [0, 0.05) is 16.5 Å². The summed E-state index contributed by atoms with van der Waals surface area (Å²) in [6, 6.07) is 3.83. The summed E-state index contributed by atoms with van der Waals surface area (Å²) in [6.45, 7) is 5.83. The molecule has 1 aliphatic rings. The Balaban J connectivity index is 2.26. The van der Waals surface area contributed by atoms with E-state index in [1.807, 2.05) is 26.0 Å². The minimum Gasteiger partial charge on any atom is -0.317 e. The molecule has 2 rings (SSSR count). The number of ketones is 1. The molecule has 0 aliphatic carbocycles. The second kappa shape index (κ2) is 5.19. The van der Waals surface area contributed by atoms with Crippen LogP contribution in [0, 0.1) is 19.8 Å². The van der Waals surface area contributed by atoms with Gasteiger partial charge in [0.2, 0.25) is 0 Å². The van der Waals surface area contributed by atoms with Gasteiger partial charge >= 0.3 is 0 Å². The molecule has 0 bridgehead atoms. The molecule has 0 spiro atoms. The highest BCUT2D eigenvalue weighted by molar-refractivity contribution is 6.31. The Morgan fingerprint density at radius 3 is 2.53 bits per heavy atom. The number of benzene rings is 1. The molecular weight excluding hydrogens is 234 g/mol. The molecule has 2 nitrogen and oxygen atoms in total. The molecule has 1 N–H and O–H groups in total. The third-order valence-corrected chi connectivity index (χ3v) is 3.89. The van der Waals surface area contributed by atoms with Gasteiger partial charge in [-0.3, -0.25) is 4.79 Å². The zero-order chi connectivity index (χ0) is 12.4. The molecule has 3 heteroatoms. The maximum absolute atomic E-state index is 12.4. The van der Waals surface area contributed by atoms with E-state index in [-0.39, 0.29) is 11.7 Å². The Hall–Kier alpha value is -0.860. The van der Waals surface area contributed by atoms with Crippen LogP contribution in [0.15, 0.2) is 12.1 Å². The normalized spacial score (nSPS) is 17.1. The van der Waals surface area contributed by atoms with Gasteiger partial charge in [-0.15, -0.1) is 0 Å². The largest absolute Gasteiger partial charge is 0.317 e. The number of carbonyl (C=O) groups excluding carboxylic acids is 1. The first-order valence-electron chi connectivity index (χ1n) is 6.11. The van der Waals surface area contributed by atoms with E-state index in [1.54, 1.807) is 0 Å². The number of carbonyl (C=O) groups is 1. The molecular formula is C14H18ClNO. The molecule has 1 aromatic carbocycles.